The first-order chi connectivity index (χ1) is 30.2. The van der Waals surface area contributed by atoms with Crippen LogP contribution in [0.25, 0.3) is 0 Å². The van der Waals surface area contributed by atoms with Gasteiger partial charge in [-0.2, -0.15) is 4.58 Å². The molecule has 1 saturated heterocycles. The summed E-state index contributed by atoms with van der Waals surface area (Å²) in [5.41, 5.74) is 11.4. The van der Waals surface area contributed by atoms with Gasteiger partial charge < -0.3 is 19.6 Å². The molecular formula is C54H59N4O4S+. The lowest BCUT2D eigenvalue weighted by atomic mass is 9.76. The smallest absolute Gasteiger partial charge is 0.240 e. The van der Waals surface area contributed by atoms with Crippen molar-refractivity contribution in [3.05, 3.63) is 172 Å². The number of anilines is 1. The fourth-order valence-electron chi connectivity index (χ4n) is 10.2. The van der Waals surface area contributed by atoms with Crippen molar-refractivity contribution in [2.24, 2.45) is 5.92 Å². The van der Waals surface area contributed by atoms with Gasteiger partial charge in [0, 0.05) is 65.8 Å². The zero-order valence-corrected chi connectivity index (χ0v) is 38.6. The van der Waals surface area contributed by atoms with E-state index in [2.05, 4.69) is 93.8 Å². The van der Waals surface area contributed by atoms with E-state index in [1.165, 1.54) is 5.56 Å². The molecule has 4 aromatic carbocycles. The van der Waals surface area contributed by atoms with Gasteiger partial charge >= 0.3 is 0 Å². The maximum atomic E-state index is 14.6. The van der Waals surface area contributed by atoms with Gasteiger partial charge in [-0.05, 0) is 129 Å². The molecule has 1 fully saturated rings. The number of hydrogen-bond acceptors (Lipinski definition) is 6. The van der Waals surface area contributed by atoms with Crippen molar-refractivity contribution >= 4 is 46.1 Å². The average molecular weight is 860 g/mol. The number of benzene rings is 4. The molecule has 3 heterocycles. The average Bonchev–Trinajstić information content (AvgIpc) is 3.60. The predicted molar refractivity (Wildman–Crippen MR) is 257 cm³/mol. The Bertz CT molecular complexity index is 2640. The maximum Gasteiger partial charge on any atom is 0.240 e. The highest BCUT2D eigenvalue weighted by Gasteiger charge is 2.47. The van der Waals surface area contributed by atoms with Crippen molar-refractivity contribution in [3.8, 4) is 5.75 Å². The predicted octanol–water partition coefficient (Wildman–Crippen LogP) is 10.2. The van der Waals surface area contributed by atoms with E-state index in [4.69, 9.17) is 17.0 Å². The maximum absolute atomic E-state index is 14.6. The molecule has 9 heteroatoms. The SMILES string of the molecule is CCN1C(=O)C(C2=C(C=CC3=[N+](C)c4ccc(C(=O)c5ccccc5)cc4C3(C)C)CCCC2=CC=C2N(C)c3ccc(COc4ccccc4)cc3C2(C)C)C(O)N(CC)C1=S. The number of likely N-dealkylation sites (N-methyl/N-ethyl adjacent to an activating group) is 1. The van der Waals surface area contributed by atoms with Gasteiger partial charge in [0.1, 0.15) is 31.5 Å². The highest BCUT2D eigenvalue weighted by molar-refractivity contribution is 7.80. The Hall–Kier alpha value is -5.90. The molecule has 3 aliphatic heterocycles. The number of para-hydroxylation sites is 1. The minimum atomic E-state index is -1.11. The lowest BCUT2D eigenvalue weighted by Crippen LogP contribution is -2.62. The highest BCUT2D eigenvalue weighted by atomic mass is 32.1. The van der Waals surface area contributed by atoms with E-state index in [1.807, 2.05) is 92.7 Å². The molecular weight excluding hydrogens is 801 g/mol. The molecule has 0 spiro atoms. The number of rotatable bonds is 11. The number of ketones is 1. The van der Waals surface area contributed by atoms with E-state index in [-0.39, 0.29) is 17.1 Å². The first-order valence-electron chi connectivity index (χ1n) is 22.2. The van der Waals surface area contributed by atoms with Crippen molar-refractivity contribution in [1.29, 1.82) is 0 Å². The van der Waals surface area contributed by atoms with Crippen LogP contribution in [-0.2, 0) is 22.2 Å². The van der Waals surface area contributed by atoms with E-state index >= 15 is 0 Å². The fourth-order valence-corrected chi connectivity index (χ4v) is 10.6. The molecule has 1 amide bonds. The second kappa shape index (κ2) is 17.3. The van der Waals surface area contributed by atoms with Crippen LogP contribution in [0.1, 0.15) is 93.4 Å². The lowest BCUT2D eigenvalue weighted by Gasteiger charge is -2.45. The molecule has 8 rings (SSSR count). The quantitative estimate of drug-likeness (QED) is 0.0915. The van der Waals surface area contributed by atoms with Gasteiger partial charge in [0.05, 0.1) is 5.41 Å². The number of carbonyl (C=O) groups excluding carboxylic acids is 2. The molecule has 0 aromatic heterocycles. The summed E-state index contributed by atoms with van der Waals surface area (Å²) in [4.78, 5) is 33.8. The van der Waals surface area contributed by atoms with Gasteiger partial charge in [0.25, 0.3) is 0 Å². The zero-order chi connectivity index (χ0) is 44.8. The first-order valence-corrected chi connectivity index (χ1v) is 22.6. The summed E-state index contributed by atoms with van der Waals surface area (Å²) >= 11 is 5.78. The monoisotopic (exact) mass is 859 g/mol. The van der Waals surface area contributed by atoms with Crippen LogP contribution in [0.15, 0.2) is 144 Å². The summed E-state index contributed by atoms with van der Waals surface area (Å²) in [6, 6.07) is 31.9. The van der Waals surface area contributed by atoms with Crippen LogP contribution < -0.4 is 9.64 Å². The van der Waals surface area contributed by atoms with E-state index in [0.29, 0.717) is 35.9 Å². The van der Waals surface area contributed by atoms with E-state index in [1.54, 1.807) is 9.80 Å². The second-order valence-electron chi connectivity index (χ2n) is 18.0. The summed E-state index contributed by atoms with van der Waals surface area (Å²) in [6.07, 6.45) is 10.1. The van der Waals surface area contributed by atoms with Gasteiger partial charge in [-0.3, -0.25) is 14.5 Å². The third-order valence-corrected chi connectivity index (χ3v) is 14.1. The minimum absolute atomic E-state index is 0.00109. The molecule has 8 nitrogen and oxygen atoms in total. The standard InChI is InChI=1S/C54H59N4O4S/c1-9-57-50(60)48(51(61)58(10-2)52(57)63)47-36(26-30-45-53(3,4)41-32-35(24-28-43(41)55(45)7)34-62-40-22-15-12-16-23-40)20-17-21-37(47)27-31-46-54(5,6)42-33-39(25-29-44(42)56(46)8)49(59)38-18-13-11-14-19-38/h11-16,18-19,22-33,48,50,60H,9-10,17,20-21,34H2,1-8H3/q+1. The Morgan fingerprint density at radius 2 is 1.57 bits per heavy atom. The van der Waals surface area contributed by atoms with Crippen LogP contribution in [-0.4, -0.2) is 75.4 Å². The molecule has 1 N–H and O–H groups in total. The van der Waals surface area contributed by atoms with Crippen molar-refractivity contribution in [1.82, 2.24) is 9.80 Å². The molecule has 1 aliphatic carbocycles. The first kappa shape index (κ1) is 43.7. The molecule has 2 unspecified atom stereocenters. The van der Waals surface area contributed by atoms with E-state index < -0.39 is 17.6 Å². The summed E-state index contributed by atoms with van der Waals surface area (Å²) in [6.45, 7) is 14.2. The third-order valence-electron chi connectivity index (χ3n) is 13.6. The number of hydrogen-bond donors (Lipinski definition) is 1. The third kappa shape index (κ3) is 7.80. The van der Waals surface area contributed by atoms with Crippen LogP contribution in [0.2, 0.25) is 0 Å². The molecule has 324 valence electrons. The number of amides is 1. The topological polar surface area (TPSA) is 76.3 Å². The number of allylic oxidation sites excluding steroid dienone is 7. The molecule has 63 heavy (non-hydrogen) atoms. The van der Waals surface area contributed by atoms with Crippen molar-refractivity contribution in [2.75, 3.05) is 32.1 Å². The van der Waals surface area contributed by atoms with Gasteiger partial charge in [-0.25, -0.2) is 0 Å². The Labute approximate surface area is 378 Å². The number of aliphatic hydroxyl groups is 1. The molecule has 4 aromatic rings. The highest BCUT2D eigenvalue weighted by Crippen LogP contribution is 2.48. The Morgan fingerprint density at radius 3 is 2.27 bits per heavy atom. The van der Waals surface area contributed by atoms with E-state index in [9.17, 15) is 14.7 Å². The summed E-state index contributed by atoms with van der Waals surface area (Å²) in [5.74, 6) is -0.166. The summed E-state index contributed by atoms with van der Waals surface area (Å²) in [7, 11) is 4.19. The Kier molecular flexibility index (Phi) is 12.0. The van der Waals surface area contributed by atoms with Crippen molar-refractivity contribution in [3.63, 3.8) is 0 Å². The van der Waals surface area contributed by atoms with Crippen LogP contribution >= 0.6 is 12.2 Å². The molecule has 0 radical (unpaired) electrons. The number of carbonyl (C=O) groups is 2. The largest absolute Gasteiger partial charge is 0.489 e. The molecule has 0 saturated carbocycles. The normalized spacial score (nSPS) is 21.9. The van der Waals surface area contributed by atoms with Crippen molar-refractivity contribution in [2.45, 2.75) is 84.5 Å². The Balaban J connectivity index is 1.18. The molecule has 2 atom stereocenters. The van der Waals surface area contributed by atoms with Crippen LogP contribution in [0.3, 0.4) is 0 Å². The van der Waals surface area contributed by atoms with Gasteiger partial charge in [0.2, 0.25) is 11.6 Å². The molecule has 0 bridgehead atoms. The minimum Gasteiger partial charge on any atom is -0.489 e. The van der Waals surface area contributed by atoms with Gasteiger partial charge in [-0.1, -0.05) is 80.6 Å². The van der Waals surface area contributed by atoms with Crippen LogP contribution in [0, 0.1) is 5.92 Å². The van der Waals surface area contributed by atoms with Crippen LogP contribution in [0.4, 0.5) is 11.4 Å². The van der Waals surface area contributed by atoms with Gasteiger partial charge in [-0.15, -0.1) is 0 Å². The number of aliphatic hydroxyl groups excluding tert-OH is 1. The fraction of sp³-hybridized carbons (Fsp3) is 0.333. The summed E-state index contributed by atoms with van der Waals surface area (Å²) < 4.78 is 8.33. The van der Waals surface area contributed by atoms with E-state index in [0.717, 1.165) is 75.6 Å². The number of fused-ring (bicyclic) bond motifs is 2. The number of ether oxygens (including phenoxy) is 1. The second-order valence-corrected chi connectivity index (χ2v) is 18.4. The number of thiocarbonyl (C=S) groups is 1. The zero-order valence-electron chi connectivity index (χ0n) is 37.8. The van der Waals surface area contributed by atoms with Crippen molar-refractivity contribution < 1.29 is 24.0 Å². The van der Waals surface area contributed by atoms with Gasteiger partial charge in [0.15, 0.2) is 16.6 Å². The molecule has 4 aliphatic rings. The van der Waals surface area contributed by atoms with Crippen LogP contribution in [0.5, 0.6) is 5.75 Å². The number of nitrogens with zero attached hydrogens (tertiary/aromatic N) is 4. The lowest BCUT2D eigenvalue weighted by molar-refractivity contribution is -0.401. The summed E-state index contributed by atoms with van der Waals surface area (Å²) in [5, 5.41) is 12.5. The Morgan fingerprint density at radius 1 is 0.857 bits per heavy atom.